The minimum absolute atomic E-state index is 0.414. The molecule has 2 aromatic carbocycles. The molecule has 0 heterocycles. The van der Waals surface area contributed by atoms with Gasteiger partial charge in [0.2, 0.25) is 0 Å². The van der Waals surface area contributed by atoms with Gasteiger partial charge in [-0.3, -0.25) is 0 Å². The van der Waals surface area contributed by atoms with Crippen LogP contribution in [0.25, 0.3) is 0 Å². The summed E-state index contributed by atoms with van der Waals surface area (Å²) in [6.45, 7) is 6.08. The fourth-order valence-corrected chi connectivity index (χ4v) is 3.34. The van der Waals surface area contributed by atoms with E-state index in [0.29, 0.717) is 0 Å². The van der Waals surface area contributed by atoms with Crippen molar-refractivity contribution in [2.24, 2.45) is 0 Å². The molecule has 0 aromatic heterocycles. The number of thioether (sulfide) groups is 1. The summed E-state index contributed by atoms with van der Waals surface area (Å²) in [5.41, 5.74) is 4.96. The van der Waals surface area contributed by atoms with E-state index < -0.39 is 6.10 Å². The maximum absolute atomic E-state index is 9.78. The molecule has 0 aliphatic heterocycles. The Bertz CT molecular complexity index is 541. The van der Waals surface area contributed by atoms with Gasteiger partial charge >= 0.3 is 0 Å². The molecule has 0 bridgehead atoms. The average molecular weight is 272 g/mol. The third kappa shape index (κ3) is 3.85. The third-order valence-electron chi connectivity index (χ3n) is 3.04. The van der Waals surface area contributed by atoms with Gasteiger partial charge in [0.05, 0.1) is 6.10 Å². The lowest BCUT2D eigenvalue weighted by Crippen LogP contribution is -1.94. The molecule has 0 aliphatic carbocycles. The number of hydrogen-bond acceptors (Lipinski definition) is 2. The van der Waals surface area contributed by atoms with Crippen LogP contribution in [0, 0.1) is 13.8 Å². The first-order chi connectivity index (χ1) is 9.06. The molecule has 0 amide bonds. The third-order valence-corrected chi connectivity index (χ3v) is 4.21. The summed E-state index contributed by atoms with van der Waals surface area (Å²) in [5, 5.41) is 9.78. The SMILES string of the molecule is Cc1cc(C)cc(CSc2ccccc2[C@@H](C)O)c1. The molecule has 2 heteroatoms. The zero-order chi connectivity index (χ0) is 13.8. The normalized spacial score (nSPS) is 12.4. The van der Waals surface area contributed by atoms with Gasteiger partial charge in [-0.25, -0.2) is 0 Å². The van der Waals surface area contributed by atoms with E-state index >= 15 is 0 Å². The average Bonchev–Trinajstić information content (AvgIpc) is 2.35. The largest absolute Gasteiger partial charge is 0.389 e. The van der Waals surface area contributed by atoms with Crippen molar-refractivity contribution in [2.75, 3.05) is 0 Å². The number of aryl methyl sites for hydroxylation is 2. The number of benzene rings is 2. The zero-order valence-electron chi connectivity index (χ0n) is 11.7. The first-order valence-corrected chi connectivity index (χ1v) is 7.52. The van der Waals surface area contributed by atoms with Gasteiger partial charge in [0.25, 0.3) is 0 Å². The lowest BCUT2D eigenvalue weighted by molar-refractivity contribution is 0.196. The van der Waals surface area contributed by atoms with Crippen molar-refractivity contribution < 1.29 is 5.11 Å². The van der Waals surface area contributed by atoms with Crippen molar-refractivity contribution >= 4 is 11.8 Å². The summed E-state index contributed by atoms with van der Waals surface area (Å²) in [7, 11) is 0. The number of aliphatic hydroxyl groups is 1. The number of hydrogen-bond donors (Lipinski definition) is 1. The summed E-state index contributed by atoms with van der Waals surface area (Å²) in [6.07, 6.45) is -0.414. The molecule has 100 valence electrons. The summed E-state index contributed by atoms with van der Waals surface area (Å²) < 4.78 is 0. The summed E-state index contributed by atoms with van der Waals surface area (Å²) in [5.74, 6) is 0.937. The highest BCUT2D eigenvalue weighted by Crippen LogP contribution is 2.30. The maximum atomic E-state index is 9.78. The van der Waals surface area contributed by atoms with Gasteiger partial charge in [0, 0.05) is 10.6 Å². The van der Waals surface area contributed by atoms with Crippen LogP contribution in [-0.2, 0) is 5.75 Å². The quantitative estimate of drug-likeness (QED) is 0.818. The number of rotatable bonds is 4. The van der Waals surface area contributed by atoms with Crippen molar-refractivity contribution in [3.05, 3.63) is 64.7 Å². The summed E-state index contributed by atoms with van der Waals surface area (Å²) >= 11 is 1.79. The maximum Gasteiger partial charge on any atom is 0.0772 e. The molecule has 1 atom stereocenters. The first kappa shape index (κ1) is 14.2. The smallest absolute Gasteiger partial charge is 0.0772 e. The van der Waals surface area contributed by atoms with E-state index in [0.717, 1.165) is 16.2 Å². The van der Waals surface area contributed by atoms with Gasteiger partial charge in [0.1, 0.15) is 0 Å². The molecule has 0 aliphatic rings. The Labute approximate surface area is 119 Å². The molecule has 1 N–H and O–H groups in total. The monoisotopic (exact) mass is 272 g/mol. The van der Waals surface area contributed by atoms with Crippen molar-refractivity contribution in [3.63, 3.8) is 0 Å². The summed E-state index contributed by atoms with van der Waals surface area (Å²) in [4.78, 5) is 1.16. The molecule has 0 saturated heterocycles. The van der Waals surface area contributed by atoms with E-state index in [4.69, 9.17) is 0 Å². The predicted molar refractivity (Wildman–Crippen MR) is 82.6 cm³/mol. The highest BCUT2D eigenvalue weighted by Gasteiger charge is 2.07. The van der Waals surface area contributed by atoms with Crippen LogP contribution in [0.1, 0.15) is 35.3 Å². The van der Waals surface area contributed by atoms with Gasteiger partial charge in [-0.15, -0.1) is 11.8 Å². The van der Waals surface area contributed by atoms with E-state index in [1.165, 1.54) is 16.7 Å². The molecule has 2 rings (SSSR count). The Hall–Kier alpha value is -1.25. The van der Waals surface area contributed by atoms with Gasteiger partial charge in [-0.1, -0.05) is 47.5 Å². The van der Waals surface area contributed by atoms with E-state index in [9.17, 15) is 5.11 Å². The highest BCUT2D eigenvalue weighted by molar-refractivity contribution is 7.98. The first-order valence-electron chi connectivity index (χ1n) is 6.53. The van der Waals surface area contributed by atoms with E-state index in [1.807, 2.05) is 25.1 Å². The topological polar surface area (TPSA) is 20.2 Å². The van der Waals surface area contributed by atoms with Gasteiger partial charge < -0.3 is 5.11 Å². The predicted octanol–water partition coefficient (Wildman–Crippen LogP) is 4.65. The number of aliphatic hydroxyl groups excluding tert-OH is 1. The van der Waals surface area contributed by atoms with E-state index in [1.54, 1.807) is 11.8 Å². The van der Waals surface area contributed by atoms with Crippen molar-refractivity contribution in [1.82, 2.24) is 0 Å². The Morgan fingerprint density at radius 2 is 1.68 bits per heavy atom. The minimum Gasteiger partial charge on any atom is -0.389 e. The van der Waals surface area contributed by atoms with Crippen LogP contribution in [0.2, 0.25) is 0 Å². The lowest BCUT2D eigenvalue weighted by atomic mass is 10.1. The zero-order valence-corrected chi connectivity index (χ0v) is 12.5. The van der Waals surface area contributed by atoms with Crippen molar-refractivity contribution in [3.8, 4) is 0 Å². The van der Waals surface area contributed by atoms with Crippen molar-refractivity contribution in [2.45, 2.75) is 37.5 Å². The highest BCUT2D eigenvalue weighted by atomic mass is 32.2. The van der Waals surface area contributed by atoms with Gasteiger partial charge in [-0.2, -0.15) is 0 Å². The van der Waals surface area contributed by atoms with Crippen LogP contribution in [0.3, 0.4) is 0 Å². The molecule has 1 nitrogen and oxygen atoms in total. The molecular weight excluding hydrogens is 252 g/mol. The molecule has 0 fully saturated rings. The Balaban J connectivity index is 2.14. The Morgan fingerprint density at radius 3 is 2.32 bits per heavy atom. The van der Waals surface area contributed by atoms with Crippen LogP contribution in [0.15, 0.2) is 47.4 Å². The van der Waals surface area contributed by atoms with Crippen LogP contribution in [0.4, 0.5) is 0 Å². The Kier molecular flexibility index (Phi) is 4.67. The second kappa shape index (κ2) is 6.27. The molecule has 0 spiro atoms. The fraction of sp³-hybridized carbons (Fsp3) is 0.294. The lowest BCUT2D eigenvalue weighted by Gasteiger charge is -2.11. The summed E-state index contributed by atoms with van der Waals surface area (Å²) in [6, 6.07) is 14.7. The molecule has 0 radical (unpaired) electrons. The molecule has 19 heavy (non-hydrogen) atoms. The second-order valence-electron chi connectivity index (χ2n) is 5.00. The standard InChI is InChI=1S/C17H20OS/c1-12-8-13(2)10-15(9-12)11-19-17-7-5-4-6-16(17)14(3)18/h4-10,14,18H,11H2,1-3H3/t14-/m1/s1. The van der Waals surface area contributed by atoms with Crippen LogP contribution < -0.4 is 0 Å². The fourth-order valence-electron chi connectivity index (χ4n) is 2.27. The van der Waals surface area contributed by atoms with E-state index in [2.05, 4.69) is 38.1 Å². The Morgan fingerprint density at radius 1 is 1.05 bits per heavy atom. The molecular formula is C17H20OS. The molecule has 2 aromatic rings. The van der Waals surface area contributed by atoms with Crippen molar-refractivity contribution in [1.29, 1.82) is 0 Å². The second-order valence-corrected chi connectivity index (χ2v) is 6.02. The molecule has 0 unspecified atom stereocenters. The van der Waals surface area contributed by atoms with Crippen LogP contribution in [0.5, 0.6) is 0 Å². The van der Waals surface area contributed by atoms with Gasteiger partial charge in [0.15, 0.2) is 0 Å². The minimum atomic E-state index is -0.414. The molecule has 0 saturated carbocycles. The van der Waals surface area contributed by atoms with Crippen LogP contribution in [-0.4, -0.2) is 5.11 Å². The van der Waals surface area contributed by atoms with Gasteiger partial charge in [-0.05, 0) is 38.0 Å². The van der Waals surface area contributed by atoms with Crippen LogP contribution >= 0.6 is 11.8 Å². The van der Waals surface area contributed by atoms with E-state index in [-0.39, 0.29) is 0 Å².